The van der Waals surface area contributed by atoms with Crippen LogP contribution in [0.3, 0.4) is 0 Å². The van der Waals surface area contributed by atoms with Gasteiger partial charge in [-0.2, -0.15) is 0 Å². The van der Waals surface area contributed by atoms with Crippen molar-refractivity contribution in [2.45, 2.75) is 51.1 Å². The van der Waals surface area contributed by atoms with Crippen LogP contribution in [0, 0.1) is 5.92 Å². The van der Waals surface area contributed by atoms with E-state index in [-0.39, 0.29) is 0 Å². The number of nitrogens with zero attached hydrogens (tertiary/aromatic N) is 1. The largest absolute Gasteiger partial charge is 0.311 e. The van der Waals surface area contributed by atoms with Gasteiger partial charge >= 0.3 is 0 Å². The van der Waals surface area contributed by atoms with E-state index in [0.29, 0.717) is 0 Å². The van der Waals surface area contributed by atoms with Gasteiger partial charge in [0.15, 0.2) is 0 Å². The van der Waals surface area contributed by atoms with Crippen molar-refractivity contribution >= 4 is 0 Å². The number of unbranched alkanes of at least 4 members (excludes halogenated alkanes) is 1. The molecule has 0 aromatic carbocycles. The first-order valence-electron chi connectivity index (χ1n) is 6.24. The molecule has 2 nitrogen and oxygen atoms in total. The summed E-state index contributed by atoms with van der Waals surface area (Å²) in [6.45, 7) is 4.87. The minimum atomic E-state index is 0.851. The number of nitrogens with one attached hydrogen (secondary N) is 1. The minimum Gasteiger partial charge on any atom is -0.311 e. The molecule has 2 aliphatic heterocycles. The van der Waals surface area contributed by atoms with Crippen molar-refractivity contribution in [1.29, 1.82) is 0 Å². The molecular weight excluding hydrogens is 172 g/mol. The van der Waals surface area contributed by atoms with Crippen LogP contribution in [0.2, 0.25) is 0 Å². The van der Waals surface area contributed by atoms with E-state index in [1.54, 1.807) is 0 Å². The molecule has 3 atom stereocenters. The molecule has 0 aliphatic carbocycles. The van der Waals surface area contributed by atoms with Crippen LogP contribution in [-0.4, -0.2) is 37.1 Å². The summed E-state index contributed by atoms with van der Waals surface area (Å²) in [5, 5.41) is 3.71. The molecule has 2 saturated heterocycles. The number of hydrogen-bond acceptors (Lipinski definition) is 2. The standard InChI is InChI=1S/C12H24N2/c1-3-4-7-14(2)9-10-8-11-5-6-12(10)13-11/h10-13H,3-9H2,1-2H3. The van der Waals surface area contributed by atoms with Crippen molar-refractivity contribution in [3.63, 3.8) is 0 Å². The van der Waals surface area contributed by atoms with E-state index in [0.717, 1.165) is 18.0 Å². The Bertz CT molecular complexity index is 181. The summed E-state index contributed by atoms with van der Waals surface area (Å²) in [4.78, 5) is 2.52. The molecule has 2 aliphatic rings. The van der Waals surface area contributed by atoms with Gasteiger partial charge in [-0.1, -0.05) is 13.3 Å². The Morgan fingerprint density at radius 1 is 1.36 bits per heavy atom. The van der Waals surface area contributed by atoms with Gasteiger partial charge in [0.25, 0.3) is 0 Å². The van der Waals surface area contributed by atoms with Crippen molar-refractivity contribution in [3.8, 4) is 0 Å². The van der Waals surface area contributed by atoms with E-state index in [1.165, 1.54) is 45.2 Å². The molecule has 0 radical (unpaired) electrons. The number of rotatable bonds is 5. The highest BCUT2D eigenvalue weighted by Gasteiger charge is 2.38. The van der Waals surface area contributed by atoms with Gasteiger partial charge in [0.1, 0.15) is 0 Å². The molecule has 2 fully saturated rings. The topological polar surface area (TPSA) is 15.3 Å². The quantitative estimate of drug-likeness (QED) is 0.722. The summed E-state index contributed by atoms with van der Waals surface area (Å²) in [5.41, 5.74) is 0. The third kappa shape index (κ3) is 2.29. The SMILES string of the molecule is CCCCN(C)CC1CC2CCC1N2. The summed E-state index contributed by atoms with van der Waals surface area (Å²) in [5.74, 6) is 0.940. The molecule has 2 heterocycles. The minimum absolute atomic E-state index is 0.851. The van der Waals surface area contributed by atoms with Crippen LogP contribution < -0.4 is 5.32 Å². The average molecular weight is 196 g/mol. The highest BCUT2D eigenvalue weighted by atomic mass is 15.1. The summed E-state index contributed by atoms with van der Waals surface area (Å²) in [6, 6.07) is 1.72. The van der Waals surface area contributed by atoms with Crippen LogP contribution >= 0.6 is 0 Å². The van der Waals surface area contributed by atoms with Crippen LogP contribution in [0.4, 0.5) is 0 Å². The zero-order valence-electron chi connectivity index (χ0n) is 9.63. The fraction of sp³-hybridized carbons (Fsp3) is 1.00. The van der Waals surface area contributed by atoms with Gasteiger partial charge < -0.3 is 10.2 Å². The Hall–Kier alpha value is -0.0800. The normalized spacial score (nSPS) is 35.8. The highest BCUT2D eigenvalue weighted by molar-refractivity contribution is 4.97. The lowest BCUT2D eigenvalue weighted by atomic mass is 9.89. The lowest BCUT2D eigenvalue weighted by Crippen LogP contribution is -2.33. The molecule has 1 N–H and O–H groups in total. The monoisotopic (exact) mass is 196 g/mol. The van der Waals surface area contributed by atoms with Crippen LogP contribution in [0.5, 0.6) is 0 Å². The Balaban J connectivity index is 1.70. The third-order valence-corrected chi connectivity index (χ3v) is 3.87. The van der Waals surface area contributed by atoms with Gasteiger partial charge in [0.2, 0.25) is 0 Å². The fourth-order valence-corrected chi connectivity index (χ4v) is 3.06. The first-order chi connectivity index (χ1) is 6.79. The van der Waals surface area contributed by atoms with Gasteiger partial charge in [0.05, 0.1) is 0 Å². The zero-order chi connectivity index (χ0) is 9.97. The summed E-state index contributed by atoms with van der Waals surface area (Å²) >= 11 is 0. The van der Waals surface area contributed by atoms with E-state index in [4.69, 9.17) is 0 Å². The maximum absolute atomic E-state index is 3.71. The number of fused-ring (bicyclic) bond motifs is 2. The van der Waals surface area contributed by atoms with Crippen LogP contribution in [-0.2, 0) is 0 Å². The van der Waals surface area contributed by atoms with E-state index in [1.807, 2.05) is 0 Å². The Morgan fingerprint density at radius 2 is 2.21 bits per heavy atom. The van der Waals surface area contributed by atoms with Gasteiger partial charge in [-0.3, -0.25) is 0 Å². The molecule has 0 amide bonds. The third-order valence-electron chi connectivity index (χ3n) is 3.87. The van der Waals surface area contributed by atoms with Crippen molar-refractivity contribution < 1.29 is 0 Å². The van der Waals surface area contributed by atoms with Crippen molar-refractivity contribution in [3.05, 3.63) is 0 Å². The maximum atomic E-state index is 3.71. The second-order valence-corrected chi connectivity index (χ2v) is 5.16. The van der Waals surface area contributed by atoms with E-state index in [9.17, 15) is 0 Å². The van der Waals surface area contributed by atoms with Crippen LogP contribution in [0.1, 0.15) is 39.0 Å². The molecule has 82 valence electrons. The molecule has 0 spiro atoms. The lowest BCUT2D eigenvalue weighted by molar-refractivity contribution is 0.246. The molecule has 0 aromatic rings. The molecular formula is C12H24N2. The molecule has 0 aromatic heterocycles. The second-order valence-electron chi connectivity index (χ2n) is 5.16. The molecule has 0 saturated carbocycles. The zero-order valence-corrected chi connectivity index (χ0v) is 9.63. The van der Waals surface area contributed by atoms with Crippen molar-refractivity contribution in [1.82, 2.24) is 10.2 Å². The van der Waals surface area contributed by atoms with Gasteiger partial charge in [-0.15, -0.1) is 0 Å². The van der Waals surface area contributed by atoms with Crippen molar-refractivity contribution in [2.75, 3.05) is 20.1 Å². The first-order valence-corrected chi connectivity index (χ1v) is 6.24. The van der Waals surface area contributed by atoms with Crippen LogP contribution in [0.15, 0.2) is 0 Å². The Kier molecular flexibility index (Phi) is 3.45. The Morgan fingerprint density at radius 3 is 2.79 bits per heavy atom. The average Bonchev–Trinajstić information content (AvgIpc) is 2.76. The maximum Gasteiger partial charge on any atom is 0.0111 e. The van der Waals surface area contributed by atoms with Gasteiger partial charge in [0, 0.05) is 18.6 Å². The summed E-state index contributed by atoms with van der Waals surface area (Å²) in [6.07, 6.45) is 6.96. The first kappa shape index (κ1) is 10.4. The second kappa shape index (κ2) is 4.63. The van der Waals surface area contributed by atoms with Gasteiger partial charge in [-0.25, -0.2) is 0 Å². The molecule has 2 rings (SSSR count). The number of hydrogen-bond donors (Lipinski definition) is 1. The lowest BCUT2D eigenvalue weighted by Gasteiger charge is -2.26. The highest BCUT2D eigenvalue weighted by Crippen LogP contribution is 2.33. The fourth-order valence-electron chi connectivity index (χ4n) is 3.06. The smallest absolute Gasteiger partial charge is 0.0111 e. The molecule has 2 bridgehead atoms. The van der Waals surface area contributed by atoms with E-state index < -0.39 is 0 Å². The summed E-state index contributed by atoms with van der Waals surface area (Å²) < 4.78 is 0. The Labute approximate surface area is 88.1 Å². The van der Waals surface area contributed by atoms with E-state index >= 15 is 0 Å². The van der Waals surface area contributed by atoms with Gasteiger partial charge in [-0.05, 0) is 45.2 Å². The summed E-state index contributed by atoms with van der Waals surface area (Å²) in [7, 11) is 2.28. The van der Waals surface area contributed by atoms with Crippen molar-refractivity contribution in [2.24, 2.45) is 5.92 Å². The molecule has 2 heteroatoms. The molecule has 14 heavy (non-hydrogen) atoms. The van der Waals surface area contributed by atoms with Crippen LogP contribution in [0.25, 0.3) is 0 Å². The van der Waals surface area contributed by atoms with E-state index in [2.05, 4.69) is 24.2 Å². The predicted molar refractivity (Wildman–Crippen MR) is 60.5 cm³/mol. The molecule has 3 unspecified atom stereocenters. The predicted octanol–water partition coefficient (Wildman–Crippen LogP) is 1.86.